The summed E-state index contributed by atoms with van der Waals surface area (Å²) in [5.41, 5.74) is 7.16. The molecule has 0 aromatic heterocycles. The number of hydrogen-bond donors (Lipinski definition) is 0. The molecule has 0 heterocycles. The summed E-state index contributed by atoms with van der Waals surface area (Å²) in [7, 11) is 0. The normalized spacial score (nSPS) is 17.5. The smallest absolute Gasteiger partial charge is 0.0101 e. The van der Waals surface area contributed by atoms with Gasteiger partial charge in [-0.1, -0.05) is 91.0 Å². The minimum absolute atomic E-state index is 0.494. The maximum Gasteiger partial charge on any atom is 0.0101 e. The summed E-state index contributed by atoms with van der Waals surface area (Å²) in [5.74, 6) is 0.494. The summed E-state index contributed by atoms with van der Waals surface area (Å²) in [5, 5.41) is 0. The molecular weight excluding hydrogens is 276 g/mol. The fraction of sp³-hybridized carbons (Fsp3) is 0.130. The van der Waals surface area contributed by atoms with E-state index < -0.39 is 0 Å². The highest BCUT2D eigenvalue weighted by Gasteiger charge is 2.28. The lowest BCUT2D eigenvalue weighted by molar-refractivity contribution is 0.814. The first kappa shape index (κ1) is 14.0. The molecule has 4 rings (SSSR count). The second-order valence-corrected chi connectivity index (χ2v) is 6.13. The summed E-state index contributed by atoms with van der Waals surface area (Å²) < 4.78 is 0. The van der Waals surface area contributed by atoms with E-state index >= 15 is 0 Å². The summed E-state index contributed by atoms with van der Waals surface area (Å²) in [6.45, 7) is 0. The number of benzene rings is 3. The van der Waals surface area contributed by atoms with Gasteiger partial charge >= 0.3 is 0 Å². The minimum Gasteiger partial charge on any atom is -0.0622 e. The average molecular weight is 296 g/mol. The van der Waals surface area contributed by atoms with Crippen molar-refractivity contribution in [3.63, 3.8) is 0 Å². The fourth-order valence-corrected chi connectivity index (χ4v) is 3.73. The maximum absolute atomic E-state index is 2.27. The first-order chi connectivity index (χ1) is 11.4. The molecular formula is C23H20. The Morgan fingerprint density at radius 3 is 1.70 bits per heavy atom. The molecule has 0 saturated heterocycles. The zero-order chi connectivity index (χ0) is 15.5. The first-order valence-corrected chi connectivity index (χ1v) is 8.32. The van der Waals surface area contributed by atoms with Crippen LogP contribution in [0.2, 0.25) is 0 Å². The third-order valence-corrected chi connectivity index (χ3v) is 4.77. The quantitative estimate of drug-likeness (QED) is 0.541. The maximum atomic E-state index is 2.27. The van der Waals surface area contributed by atoms with Crippen molar-refractivity contribution in [2.45, 2.75) is 18.8 Å². The Morgan fingerprint density at radius 2 is 1.09 bits per heavy atom. The van der Waals surface area contributed by atoms with E-state index in [0.717, 1.165) is 6.42 Å². The van der Waals surface area contributed by atoms with Gasteiger partial charge in [-0.3, -0.25) is 0 Å². The van der Waals surface area contributed by atoms with Gasteiger partial charge in [0.05, 0.1) is 0 Å². The van der Waals surface area contributed by atoms with E-state index in [9.17, 15) is 0 Å². The van der Waals surface area contributed by atoms with Crippen LogP contribution in [-0.4, -0.2) is 0 Å². The van der Waals surface area contributed by atoms with E-state index in [1.807, 2.05) is 0 Å². The van der Waals surface area contributed by atoms with E-state index in [1.165, 1.54) is 34.3 Å². The van der Waals surface area contributed by atoms with Crippen LogP contribution in [0.3, 0.4) is 0 Å². The van der Waals surface area contributed by atoms with Gasteiger partial charge in [0.2, 0.25) is 0 Å². The van der Waals surface area contributed by atoms with E-state index in [1.54, 1.807) is 0 Å². The molecule has 0 fully saturated rings. The van der Waals surface area contributed by atoms with Crippen LogP contribution in [0.5, 0.6) is 0 Å². The van der Waals surface area contributed by atoms with Crippen molar-refractivity contribution in [1.29, 1.82) is 0 Å². The Labute approximate surface area is 138 Å². The Morgan fingerprint density at radius 1 is 0.565 bits per heavy atom. The summed E-state index contributed by atoms with van der Waals surface area (Å²) in [4.78, 5) is 0. The first-order valence-electron chi connectivity index (χ1n) is 8.32. The van der Waals surface area contributed by atoms with Crippen LogP contribution in [0.1, 0.15) is 35.4 Å². The van der Waals surface area contributed by atoms with E-state index in [0.29, 0.717) is 5.92 Å². The van der Waals surface area contributed by atoms with Crippen molar-refractivity contribution in [3.8, 4) is 0 Å². The molecule has 0 aliphatic heterocycles. The van der Waals surface area contributed by atoms with Gasteiger partial charge in [0.1, 0.15) is 0 Å². The zero-order valence-corrected chi connectivity index (χ0v) is 13.2. The van der Waals surface area contributed by atoms with Crippen molar-refractivity contribution >= 4 is 11.1 Å². The molecule has 3 aromatic carbocycles. The van der Waals surface area contributed by atoms with Gasteiger partial charge in [0.25, 0.3) is 0 Å². The second-order valence-electron chi connectivity index (χ2n) is 6.13. The molecule has 0 saturated carbocycles. The van der Waals surface area contributed by atoms with Gasteiger partial charge < -0.3 is 0 Å². The SMILES string of the molecule is c1ccc(C2=C(c3ccccc3)C(c3ccccc3)CC2)cc1. The van der Waals surface area contributed by atoms with Crippen molar-refractivity contribution in [2.75, 3.05) is 0 Å². The molecule has 1 aliphatic carbocycles. The van der Waals surface area contributed by atoms with Gasteiger partial charge in [0.15, 0.2) is 0 Å². The molecule has 0 spiro atoms. The highest BCUT2D eigenvalue weighted by molar-refractivity contribution is 5.96. The second kappa shape index (κ2) is 6.26. The van der Waals surface area contributed by atoms with Crippen molar-refractivity contribution < 1.29 is 0 Å². The summed E-state index contributed by atoms with van der Waals surface area (Å²) >= 11 is 0. The number of allylic oxidation sites excluding steroid dienone is 2. The lowest BCUT2D eigenvalue weighted by Crippen LogP contribution is -1.98. The predicted octanol–water partition coefficient (Wildman–Crippen LogP) is 6.18. The topological polar surface area (TPSA) is 0 Å². The molecule has 1 unspecified atom stereocenters. The van der Waals surface area contributed by atoms with E-state index in [4.69, 9.17) is 0 Å². The number of hydrogen-bond acceptors (Lipinski definition) is 0. The van der Waals surface area contributed by atoms with Crippen LogP contribution in [-0.2, 0) is 0 Å². The lowest BCUT2D eigenvalue weighted by atomic mass is 9.87. The number of rotatable bonds is 3. The molecule has 0 nitrogen and oxygen atoms in total. The lowest BCUT2D eigenvalue weighted by Gasteiger charge is -2.17. The Kier molecular flexibility index (Phi) is 3.81. The Bertz CT molecular complexity index is 798. The van der Waals surface area contributed by atoms with Crippen molar-refractivity contribution in [3.05, 3.63) is 108 Å². The molecule has 112 valence electrons. The Balaban J connectivity index is 1.88. The molecule has 1 aliphatic rings. The van der Waals surface area contributed by atoms with Gasteiger partial charge in [-0.05, 0) is 40.7 Å². The van der Waals surface area contributed by atoms with E-state index in [2.05, 4.69) is 91.0 Å². The largest absolute Gasteiger partial charge is 0.0622 e. The third kappa shape index (κ3) is 2.73. The molecule has 23 heavy (non-hydrogen) atoms. The summed E-state index contributed by atoms with van der Waals surface area (Å²) in [6.07, 6.45) is 2.34. The monoisotopic (exact) mass is 296 g/mol. The van der Waals surface area contributed by atoms with Crippen LogP contribution in [0, 0.1) is 0 Å². The highest BCUT2D eigenvalue weighted by Crippen LogP contribution is 2.48. The van der Waals surface area contributed by atoms with E-state index in [-0.39, 0.29) is 0 Å². The minimum atomic E-state index is 0.494. The average Bonchev–Trinajstić information content (AvgIpc) is 3.09. The van der Waals surface area contributed by atoms with Crippen LogP contribution in [0.4, 0.5) is 0 Å². The van der Waals surface area contributed by atoms with Gasteiger partial charge in [-0.25, -0.2) is 0 Å². The molecule has 1 atom stereocenters. The summed E-state index contributed by atoms with van der Waals surface area (Å²) in [6, 6.07) is 32.7. The third-order valence-electron chi connectivity index (χ3n) is 4.77. The molecule has 0 N–H and O–H groups in total. The predicted molar refractivity (Wildman–Crippen MR) is 98.1 cm³/mol. The molecule has 0 bridgehead atoms. The molecule has 3 aromatic rings. The van der Waals surface area contributed by atoms with Crippen LogP contribution < -0.4 is 0 Å². The van der Waals surface area contributed by atoms with Crippen LogP contribution >= 0.6 is 0 Å². The fourth-order valence-electron chi connectivity index (χ4n) is 3.73. The zero-order valence-electron chi connectivity index (χ0n) is 13.2. The van der Waals surface area contributed by atoms with Crippen LogP contribution in [0.15, 0.2) is 91.0 Å². The van der Waals surface area contributed by atoms with Gasteiger partial charge in [-0.15, -0.1) is 0 Å². The van der Waals surface area contributed by atoms with Crippen molar-refractivity contribution in [1.82, 2.24) is 0 Å². The van der Waals surface area contributed by atoms with Gasteiger partial charge in [0, 0.05) is 5.92 Å². The van der Waals surface area contributed by atoms with Crippen LogP contribution in [0.25, 0.3) is 11.1 Å². The molecule has 0 radical (unpaired) electrons. The van der Waals surface area contributed by atoms with Gasteiger partial charge in [-0.2, -0.15) is 0 Å². The highest BCUT2D eigenvalue weighted by atomic mass is 14.3. The molecule has 0 amide bonds. The standard InChI is InChI=1S/C23H20/c1-4-10-18(11-5-1)21-16-17-22(19-12-6-2-7-13-19)23(21)20-14-8-3-9-15-20/h1-15,21H,16-17H2. The Hall–Kier alpha value is -2.60. The molecule has 0 heteroatoms. The van der Waals surface area contributed by atoms with Crippen molar-refractivity contribution in [2.24, 2.45) is 0 Å².